The first-order valence-corrected chi connectivity index (χ1v) is 16.9. The summed E-state index contributed by atoms with van der Waals surface area (Å²) in [7, 11) is -2.78. The molecule has 0 spiro atoms. The van der Waals surface area contributed by atoms with Crippen molar-refractivity contribution in [3.63, 3.8) is 0 Å². The van der Waals surface area contributed by atoms with Gasteiger partial charge in [0.1, 0.15) is 0 Å². The number of hydrogen-bond donors (Lipinski definition) is 0. The fraction of sp³-hybridized carbons (Fsp3) is 0.297. The van der Waals surface area contributed by atoms with Gasteiger partial charge in [0.25, 0.3) is 8.32 Å². The molecule has 0 heterocycles. The molecule has 0 radical (unpaired) electrons. The van der Waals surface area contributed by atoms with Crippen LogP contribution in [0.2, 0.25) is 5.04 Å². The fourth-order valence-corrected chi connectivity index (χ4v) is 11.0. The molecule has 43 heavy (non-hydrogen) atoms. The molecule has 1 aliphatic carbocycles. The SMILES string of the molecule is CC(C)(C)[Si](OC1C[C@@H](COC(=O)c2ccccc2)[C@@H](COC(=O)c2ccccc2)C1)(c1ccccc1)c1ccccc1. The molecule has 0 aromatic heterocycles. The molecule has 0 bridgehead atoms. The predicted octanol–water partition coefficient (Wildman–Crippen LogP) is 6.67. The van der Waals surface area contributed by atoms with Crippen LogP contribution in [-0.4, -0.2) is 39.6 Å². The van der Waals surface area contributed by atoms with E-state index in [9.17, 15) is 9.59 Å². The Balaban J connectivity index is 1.41. The quantitative estimate of drug-likeness (QED) is 0.152. The van der Waals surface area contributed by atoms with Gasteiger partial charge in [-0.15, -0.1) is 0 Å². The van der Waals surface area contributed by atoms with Crippen LogP contribution >= 0.6 is 0 Å². The van der Waals surface area contributed by atoms with Gasteiger partial charge < -0.3 is 13.9 Å². The lowest BCUT2D eigenvalue weighted by Gasteiger charge is -2.44. The van der Waals surface area contributed by atoms with Crippen molar-refractivity contribution in [2.45, 2.75) is 44.8 Å². The summed E-state index contributed by atoms with van der Waals surface area (Å²) in [5, 5.41) is 2.28. The van der Waals surface area contributed by atoms with E-state index < -0.39 is 8.32 Å². The molecule has 1 saturated carbocycles. The van der Waals surface area contributed by atoms with Crippen LogP contribution in [0.15, 0.2) is 121 Å². The maximum atomic E-state index is 12.8. The molecule has 1 aliphatic rings. The Kier molecular flexibility index (Phi) is 9.58. The second kappa shape index (κ2) is 13.5. The van der Waals surface area contributed by atoms with E-state index in [0.717, 1.165) is 0 Å². The minimum absolute atomic E-state index is 0.0144. The molecule has 0 saturated heterocycles. The van der Waals surface area contributed by atoms with Gasteiger partial charge in [-0.25, -0.2) is 9.59 Å². The van der Waals surface area contributed by atoms with Crippen molar-refractivity contribution in [3.8, 4) is 0 Å². The third-order valence-electron chi connectivity index (χ3n) is 8.43. The summed E-state index contributed by atoms with van der Waals surface area (Å²) >= 11 is 0. The van der Waals surface area contributed by atoms with Crippen LogP contribution < -0.4 is 10.4 Å². The minimum Gasteiger partial charge on any atom is -0.462 e. The van der Waals surface area contributed by atoms with E-state index in [1.807, 2.05) is 48.5 Å². The summed E-state index contributed by atoms with van der Waals surface area (Å²) in [5.74, 6) is -0.729. The summed E-state index contributed by atoms with van der Waals surface area (Å²) in [5.41, 5.74) is 1.04. The predicted molar refractivity (Wildman–Crippen MR) is 172 cm³/mol. The molecule has 0 N–H and O–H groups in total. The molecule has 5 nitrogen and oxygen atoms in total. The Morgan fingerprint density at radius 2 is 0.953 bits per heavy atom. The summed E-state index contributed by atoms with van der Waals surface area (Å²) in [4.78, 5) is 25.7. The molecule has 1 fully saturated rings. The van der Waals surface area contributed by atoms with E-state index in [1.165, 1.54) is 10.4 Å². The summed E-state index contributed by atoms with van der Waals surface area (Å²) < 4.78 is 19.1. The van der Waals surface area contributed by atoms with Crippen LogP contribution in [0.5, 0.6) is 0 Å². The highest BCUT2D eigenvalue weighted by atomic mass is 28.4. The fourth-order valence-electron chi connectivity index (χ4n) is 6.28. The number of ether oxygens (including phenoxy) is 2. The molecule has 3 atom stereocenters. The number of rotatable bonds is 10. The Hall–Kier alpha value is -4.00. The highest BCUT2D eigenvalue weighted by molar-refractivity contribution is 6.99. The lowest BCUT2D eigenvalue weighted by Crippen LogP contribution is -2.67. The molecule has 1 unspecified atom stereocenters. The standard InChI is InChI=1S/C37H40O5Si/c1-37(2,3)43(33-20-12-6-13-21-33,34-22-14-7-15-23-34)42-32-24-30(26-40-35(38)28-16-8-4-9-17-28)31(25-32)27-41-36(39)29-18-10-5-11-19-29/h4-23,30-32H,24-27H2,1-3H3/t30-,31+,32?. The first-order valence-electron chi connectivity index (χ1n) is 15.0. The molecular formula is C37H40O5Si. The van der Waals surface area contributed by atoms with E-state index in [0.29, 0.717) is 24.0 Å². The normalized spacial score (nSPS) is 18.6. The van der Waals surface area contributed by atoms with Crippen molar-refractivity contribution in [2.24, 2.45) is 11.8 Å². The van der Waals surface area contributed by atoms with Crippen molar-refractivity contribution in [1.29, 1.82) is 0 Å². The average molecular weight is 593 g/mol. The van der Waals surface area contributed by atoms with Crippen LogP contribution in [0, 0.1) is 11.8 Å². The van der Waals surface area contributed by atoms with Crippen molar-refractivity contribution >= 4 is 30.6 Å². The van der Waals surface area contributed by atoms with Gasteiger partial charge in [-0.05, 0) is 52.5 Å². The van der Waals surface area contributed by atoms with Gasteiger partial charge in [-0.2, -0.15) is 0 Å². The molecule has 5 rings (SSSR count). The zero-order valence-corrected chi connectivity index (χ0v) is 26.1. The Morgan fingerprint density at radius 1 is 0.605 bits per heavy atom. The maximum Gasteiger partial charge on any atom is 0.338 e. The van der Waals surface area contributed by atoms with Crippen LogP contribution in [0.4, 0.5) is 0 Å². The third kappa shape index (κ3) is 6.98. The summed E-state index contributed by atoms with van der Waals surface area (Å²) in [6.45, 7) is 7.29. The van der Waals surface area contributed by atoms with Gasteiger partial charge in [0.15, 0.2) is 0 Å². The average Bonchev–Trinajstić information content (AvgIpc) is 3.43. The van der Waals surface area contributed by atoms with E-state index in [-0.39, 0.29) is 48.1 Å². The largest absolute Gasteiger partial charge is 0.462 e. The van der Waals surface area contributed by atoms with E-state index in [4.69, 9.17) is 13.9 Å². The lowest BCUT2D eigenvalue weighted by atomic mass is 9.98. The maximum absolute atomic E-state index is 12.8. The van der Waals surface area contributed by atoms with Gasteiger partial charge in [-0.1, -0.05) is 118 Å². The van der Waals surface area contributed by atoms with Crippen molar-refractivity contribution < 1.29 is 23.5 Å². The number of carbonyl (C=O) groups excluding carboxylic acids is 2. The van der Waals surface area contributed by atoms with E-state index in [1.54, 1.807) is 24.3 Å². The number of carbonyl (C=O) groups is 2. The Labute approximate surface area is 256 Å². The minimum atomic E-state index is -2.78. The highest BCUT2D eigenvalue weighted by Crippen LogP contribution is 2.42. The van der Waals surface area contributed by atoms with Crippen LogP contribution in [0.1, 0.15) is 54.3 Å². The van der Waals surface area contributed by atoms with E-state index >= 15 is 0 Å². The number of benzene rings is 4. The van der Waals surface area contributed by atoms with Crippen molar-refractivity contribution in [1.82, 2.24) is 0 Å². The summed E-state index contributed by atoms with van der Waals surface area (Å²) in [6, 6.07) is 39.3. The van der Waals surface area contributed by atoms with Crippen LogP contribution in [0.3, 0.4) is 0 Å². The van der Waals surface area contributed by atoms with Gasteiger partial charge in [0.2, 0.25) is 0 Å². The second-order valence-electron chi connectivity index (χ2n) is 12.3. The smallest absolute Gasteiger partial charge is 0.338 e. The Morgan fingerprint density at radius 3 is 1.30 bits per heavy atom. The Bertz CT molecular complexity index is 1370. The van der Waals surface area contributed by atoms with Crippen molar-refractivity contribution in [3.05, 3.63) is 132 Å². The van der Waals surface area contributed by atoms with E-state index in [2.05, 4.69) is 69.3 Å². The highest BCUT2D eigenvalue weighted by Gasteiger charge is 2.53. The van der Waals surface area contributed by atoms with Gasteiger partial charge in [0.05, 0.1) is 24.3 Å². The molecule has 6 heteroatoms. The zero-order chi connectivity index (χ0) is 30.3. The van der Waals surface area contributed by atoms with Gasteiger partial charge in [0, 0.05) is 17.9 Å². The van der Waals surface area contributed by atoms with Crippen LogP contribution in [0.25, 0.3) is 0 Å². The topological polar surface area (TPSA) is 61.8 Å². The zero-order valence-electron chi connectivity index (χ0n) is 25.1. The first kappa shape index (κ1) is 30.5. The van der Waals surface area contributed by atoms with Gasteiger partial charge in [-0.3, -0.25) is 0 Å². The molecule has 4 aromatic rings. The molecule has 0 aliphatic heterocycles. The van der Waals surface area contributed by atoms with Gasteiger partial charge >= 0.3 is 11.9 Å². The third-order valence-corrected chi connectivity index (χ3v) is 13.5. The number of hydrogen-bond acceptors (Lipinski definition) is 5. The first-order chi connectivity index (χ1) is 20.8. The molecular weight excluding hydrogens is 552 g/mol. The number of esters is 2. The second-order valence-corrected chi connectivity index (χ2v) is 16.6. The lowest BCUT2D eigenvalue weighted by molar-refractivity contribution is 0.0268. The molecule has 4 aromatic carbocycles. The monoisotopic (exact) mass is 592 g/mol. The summed E-state index contributed by atoms with van der Waals surface area (Å²) in [6.07, 6.45) is 1.33. The van der Waals surface area contributed by atoms with Crippen molar-refractivity contribution in [2.75, 3.05) is 13.2 Å². The molecule has 222 valence electrons. The van der Waals surface area contributed by atoms with Crippen LogP contribution in [-0.2, 0) is 13.9 Å². The molecule has 0 amide bonds.